The summed E-state index contributed by atoms with van der Waals surface area (Å²) in [6, 6.07) is 0.856. The number of hydrogen-bond acceptors (Lipinski definition) is 5. The van der Waals surface area contributed by atoms with E-state index in [1.54, 1.807) is 24.3 Å². The fourth-order valence-electron chi connectivity index (χ4n) is 1.15. The first-order valence-electron chi connectivity index (χ1n) is 4.56. The van der Waals surface area contributed by atoms with Gasteiger partial charge in [-0.3, -0.25) is 19.8 Å². The Balaban J connectivity index is 2.66. The van der Waals surface area contributed by atoms with Crippen molar-refractivity contribution in [3.8, 4) is 0 Å². The van der Waals surface area contributed by atoms with Gasteiger partial charge in [0, 0.05) is 18.0 Å². The maximum atomic E-state index is 10.7. The van der Waals surface area contributed by atoms with Gasteiger partial charge in [-0.1, -0.05) is 11.3 Å². The molecule has 0 radical (unpaired) electrons. The summed E-state index contributed by atoms with van der Waals surface area (Å²) in [7, 11) is 1.67. The first kappa shape index (κ1) is 12.6. The van der Waals surface area contributed by atoms with Crippen LogP contribution in [0.1, 0.15) is 12.5 Å². The lowest BCUT2D eigenvalue weighted by Crippen LogP contribution is -2.35. The minimum atomic E-state index is -0.910. The number of hydrogen-bond donors (Lipinski definition) is 1. The standard InChI is InChI=1S/C9H12N2O4S/c1-6(9(12)13)10(2)4-7-3-8(11(14)15)16-5-7/h3,5-6H,4H2,1-2H3,(H,12,13). The van der Waals surface area contributed by atoms with E-state index >= 15 is 0 Å². The Morgan fingerprint density at radius 2 is 2.38 bits per heavy atom. The van der Waals surface area contributed by atoms with Crippen LogP contribution < -0.4 is 0 Å². The van der Waals surface area contributed by atoms with Crippen molar-refractivity contribution in [2.45, 2.75) is 19.5 Å². The summed E-state index contributed by atoms with van der Waals surface area (Å²) in [5.41, 5.74) is 0.757. The van der Waals surface area contributed by atoms with Crippen LogP contribution in [-0.2, 0) is 11.3 Å². The number of likely N-dealkylation sites (N-methyl/N-ethyl adjacent to an activating group) is 1. The normalized spacial score (nSPS) is 12.7. The van der Waals surface area contributed by atoms with Gasteiger partial charge in [0.15, 0.2) is 0 Å². The minimum Gasteiger partial charge on any atom is -0.480 e. The van der Waals surface area contributed by atoms with E-state index in [4.69, 9.17) is 5.11 Å². The van der Waals surface area contributed by atoms with Crippen molar-refractivity contribution in [2.24, 2.45) is 0 Å². The van der Waals surface area contributed by atoms with Crippen molar-refractivity contribution in [3.05, 3.63) is 27.1 Å². The van der Waals surface area contributed by atoms with E-state index < -0.39 is 16.9 Å². The zero-order valence-electron chi connectivity index (χ0n) is 8.91. The molecule has 0 bridgehead atoms. The Morgan fingerprint density at radius 3 is 2.81 bits per heavy atom. The van der Waals surface area contributed by atoms with E-state index in [1.807, 2.05) is 0 Å². The van der Waals surface area contributed by atoms with Gasteiger partial charge in [-0.2, -0.15) is 0 Å². The Labute approximate surface area is 96.3 Å². The van der Waals surface area contributed by atoms with E-state index in [0.29, 0.717) is 6.54 Å². The molecule has 1 rings (SSSR count). The Morgan fingerprint density at radius 1 is 1.75 bits per heavy atom. The Bertz CT molecular complexity index is 404. The molecule has 1 unspecified atom stereocenters. The van der Waals surface area contributed by atoms with E-state index in [1.165, 1.54) is 6.07 Å². The molecule has 0 saturated carbocycles. The molecule has 0 saturated heterocycles. The van der Waals surface area contributed by atoms with E-state index in [2.05, 4.69) is 0 Å². The molecular weight excluding hydrogens is 232 g/mol. The maximum Gasteiger partial charge on any atom is 0.324 e. The number of carboxylic acids is 1. The van der Waals surface area contributed by atoms with Crippen molar-refractivity contribution in [2.75, 3.05) is 7.05 Å². The van der Waals surface area contributed by atoms with Crippen molar-refractivity contribution >= 4 is 22.3 Å². The van der Waals surface area contributed by atoms with Crippen LogP contribution in [0.5, 0.6) is 0 Å². The number of aliphatic carboxylic acids is 1. The molecule has 1 aromatic rings. The zero-order chi connectivity index (χ0) is 12.3. The average molecular weight is 244 g/mol. The molecule has 0 spiro atoms. The van der Waals surface area contributed by atoms with Crippen LogP contribution >= 0.6 is 11.3 Å². The Kier molecular flexibility index (Phi) is 3.97. The molecule has 0 amide bonds. The largest absolute Gasteiger partial charge is 0.480 e. The highest BCUT2D eigenvalue weighted by Gasteiger charge is 2.18. The third-order valence-electron chi connectivity index (χ3n) is 2.27. The predicted octanol–water partition coefficient (Wildman–Crippen LogP) is 1.56. The van der Waals surface area contributed by atoms with Crippen molar-refractivity contribution in [1.82, 2.24) is 4.90 Å². The van der Waals surface area contributed by atoms with Crippen molar-refractivity contribution in [3.63, 3.8) is 0 Å². The monoisotopic (exact) mass is 244 g/mol. The van der Waals surface area contributed by atoms with Gasteiger partial charge >= 0.3 is 11.0 Å². The fraction of sp³-hybridized carbons (Fsp3) is 0.444. The summed E-state index contributed by atoms with van der Waals surface area (Å²) < 4.78 is 0. The second kappa shape index (κ2) is 5.04. The molecule has 7 heteroatoms. The fourth-order valence-corrected chi connectivity index (χ4v) is 1.87. The number of nitro groups is 1. The lowest BCUT2D eigenvalue weighted by molar-refractivity contribution is -0.380. The van der Waals surface area contributed by atoms with Crippen LogP contribution in [0.3, 0.4) is 0 Å². The number of carbonyl (C=O) groups is 1. The maximum absolute atomic E-state index is 10.7. The van der Waals surface area contributed by atoms with E-state index in [9.17, 15) is 14.9 Å². The first-order valence-corrected chi connectivity index (χ1v) is 5.44. The van der Waals surface area contributed by atoms with Gasteiger partial charge in [-0.25, -0.2) is 0 Å². The van der Waals surface area contributed by atoms with Gasteiger partial charge in [0.1, 0.15) is 6.04 Å². The van der Waals surface area contributed by atoms with Gasteiger partial charge < -0.3 is 5.11 Å². The second-order valence-electron chi connectivity index (χ2n) is 3.48. The molecule has 1 atom stereocenters. The number of thiophene rings is 1. The molecule has 0 aliphatic carbocycles. The van der Waals surface area contributed by atoms with Crippen LogP contribution in [0.2, 0.25) is 0 Å². The summed E-state index contributed by atoms with van der Waals surface area (Å²) >= 11 is 1.05. The second-order valence-corrected chi connectivity index (χ2v) is 4.37. The number of rotatable bonds is 5. The SMILES string of the molecule is CC(C(=O)O)N(C)Cc1csc([N+](=O)[O-])c1. The van der Waals surface area contributed by atoms with Crippen LogP contribution in [-0.4, -0.2) is 34.0 Å². The van der Waals surface area contributed by atoms with E-state index in [0.717, 1.165) is 16.9 Å². The molecule has 0 fully saturated rings. The van der Waals surface area contributed by atoms with Crippen LogP contribution in [0, 0.1) is 10.1 Å². The highest BCUT2D eigenvalue weighted by Crippen LogP contribution is 2.23. The topological polar surface area (TPSA) is 83.7 Å². The molecule has 1 N–H and O–H groups in total. The molecular formula is C9H12N2O4S. The van der Waals surface area contributed by atoms with Crippen LogP contribution in [0.15, 0.2) is 11.4 Å². The van der Waals surface area contributed by atoms with Crippen molar-refractivity contribution in [1.29, 1.82) is 0 Å². The third kappa shape index (κ3) is 3.01. The quantitative estimate of drug-likeness (QED) is 0.627. The summed E-state index contributed by atoms with van der Waals surface area (Å²) in [5.74, 6) is -0.910. The first-order chi connectivity index (χ1) is 7.41. The molecule has 16 heavy (non-hydrogen) atoms. The predicted molar refractivity (Wildman–Crippen MR) is 59.5 cm³/mol. The average Bonchev–Trinajstić information content (AvgIpc) is 2.64. The summed E-state index contributed by atoms with van der Waals surface area (Å²) in [6.07, 6.45) is 0. The highest BCUT2D eigenvalue weighted by molar-refractivity contribution is 7.13. The summed E-state index contributed by atoms with van der Waals surface area (Å²) in [4.78, 5) is 22.3. The minimum absolute atomic E-state index is 0.0754. The lowest BCUT2D eigenvalue weighted by atomic mass is 10.2. The molecule has 1 aromatic heterocycles. The van der Waals surface area contributed by atoms with Gasteiger partial charge in [0.05, 0.1) is 4.92 Å². The van der Waals surface area contributed by atoms with Gasteiger partial charge in [0.2, 0.25) is 0 Å². The molecule has 0 aromatic carbocycles. The van der Waals surface area contributed by atoms with Crippen molar-refractivity contribution < 1.29 is 14.8 Å². The summed E-state index contributed by atoms with van der Waals surface area (Å²) in [5, 5.41) is 21.0. The van der Waals surface area contributed by atoms with Crippen LogP contribution in [0.25, 0.3) is 0 Å². The molecule has 0 aliphatic heterocycles. The summed E-state index contributed by atoms with van der Waals surface area (Å²) in [6.45, 7) is 1.96. The van der Waals surface area contributed by atoms with E-state index in [-0.39, 0.29) is 5.00 Å². The third-order valence-corrected chi connectivity index (χ3v) is 3.20. The molecule has 0 aliphatic rings. The van der Waals surface area contributed by atoms with Crippen LogP contribution in [0.4, 0.5) is 5.00 Å². The Hall–Kier alpha value is -1.47. The number of nitrogens with zero attached hydrogens (tertiary/aromatic N) is 2. The zero-order valence-corrected chi connectivity index (χ0v) is 9.73. The van der Waals surface area contributed by atoms with Gasteiger partial charge in [-0.15, -0.1) is 0 Å². The number of carboxylic acid groups (broad SMARTS) is 1. The molecule has 1 heterocycles. The van der Waals surface area contributed by atoms with Gasteiger partial charge in [-0.05, 0) is 19.5 Å². The molecule has 88 valence electrons. The smallest absolute Gasteiger partial charge is 0.324 e. The van der Waals surface area contributed by atoms with Gasteiger partial charge in [0.25, 0.3) is 0 Å². The lowest BCUT2D eigenvalue weighted by Gasteiger charge is -2.19. The highest BCUT2D eigenvalue weighted by atomic mass is 32.1. The molecule has 6 nitrogen and oxygen atoms in total.